The van der Waals surface area contributed by atoms with Crippen molar-refractivity contribution in [1.82, 2.24) is 10.6 Å². The maximum atomic E-state index is 13.4. The second-order valence-electron chi connectivity index (χ2n) is 10.9. The van der Waals surface area contributed by atoms with Gasteiger partial charge in [-0.1, -0.05) is 102 Å². The van der Waals surface area contributed by atoms with Gasteiger partial charge >= 0.3 is 6.03 Å². The van der Waals surface area contributed by atoms with Crippen LogP contribution in [0, 0.1) is 0 Å². The highest BCUT2D eigenvalue weighted by Gasteiger charge is 2.48. The zero-order valence-electron chi connectivity index (χ0n) is 24.5. The summed E-state index contributed by atoms with van der Waals surface area (Å²) in [5.74, 6) is 0. The second-order valence-corrected chi connectivity index (χ2v) is 20.3. The fourth-order valence-corrected chi connectivity index (χ4v) is 11.7. The van der Waals surface area contributed by atoms with Crippen LogP contribution in [-0.2, 0) is 21.7 Å². The molecule has 4 atom stereocenters. The maximum Gasteiger partial charge on any atom is 0.315 e. The van der Waals surface area contributed by atoms with Crippen LogP contribution in [0.4, 0.5) is 4.79 Å². The molecule has 0 spiro atoms. The van der Waals surface area contributed by atoms with Crippen LogP contribution >= 0.6 is 0 Å². The monoisotopic (exact) mass is 554 g/mol. The topological polar surface area (TPSA) is 59.6 Å². The van der Waals surface area contributed by atoms with Gasteiger partial charge in [0.1, 0.15) is 0 Å². The van der Waals surface area contributed by atoms with Crippen molar-refractivity contribution >= 4 is 22.7 Å². The van der Waals surface area contributed by atoms with Gasteiger partial charge < -0.3 is 19.5 Å². The molecule has 2 aromatic rings. The van der Waals surface area contributed by atoms with E-state index in [1.54, 1.807) is 0 Å². The SMILES string of the molecule is CC[Si](CC)(CC)O[C@@H]1[C@@H](O[Si](CC)(CC)CC)[C@@H](Cc2ccccc2)NC(=O)N[C@@H]1Cc1ccccc1. The maximum absolute atomic E-state index is 13.4. The first-order chi connectivity index (χ1) is 18.4. The van der Waals surface area contributed by atoms with Crippen LogP contribution < -0.4 is 10.6 Å². The van der Waals surface area contributed by atoms with E-state index in [2.05, 4.69) is 101 Å². The van der Waals surface area contributed by atoms with Crippen molar-refractivity contribution in [2.75, 3.05) is 0 Å². The zero-order chi connectivity index (χ0) is 27.6. The van der Waals surface area contributed by atoms with Gasteiger partial charge in [-0.25, -0.2) is 4.79 Å². The number of carbonyl (C=O) groups is 1. The molecular weight excluding hydrogens is 505 g/mol. The third kappa shape index (κ3) is 7.59. The number of hydrogen-bond donors (Lipinski definition) is 2. The highest BCUT2D eigenvalue weighted by Crippen LogP contribution is 2.33. The Morgan fingerprint density at radius 3 is 1.18 bits per heavy atom. The molecule has 0 saturated carbocycles. The molecular formula is C31H50N2O3Si2. The van der Waals surface area contributed by atoms with Gasteiger partial charge in [0.15, 0.2) is 16.6 Å². The summed E-state index contributed by atoms with van der Waals surface area (Å²) >= 11 is 0. The molecule has 1 aliphatic heterocycles. The predicted molar refractivity (Wildman–Crippen MR) is 164 cm³/mol. The van der Waals surface area contributed by atoms with E-state index in [4.69, 9.17) is 8.85 Å². The summed E-state index contributed by atoms with van der Waals surface area (Å²) in [6.45, 7) is 13.7. The molecule has 0 aliphatic carbocycles. The Morgan fingerprint density at radius 2 is 0.895 bits per heavy atom. The standard InChI is InChI=1S/C31H50N2O3Si2/c1-7-37(8-2,9-3)35-29-27(23-25-19-15-13-16-20-25)32-31(34)33-28(24-26-21-17-14-18-22-26)30(29)36-38(10-4,11-5)12-6/h13-22,27-30H,7-12,23-24H2,1-6H3,(H2,32,33,34)/t27-,28-,29+,30+/m1/s1. The molecule has 1 heterocycles. The fourth-order valence-electron chi connectivity index (χ4n) is 5.95. The van der Waals surface area contributed by atoms with Crippen molar-refractivity contribution < 1.29 is 13.6 Å². The van der Waals surface area contributed by atoms with Crippen LogP contribution in [0.25, 0.3) is 0 Å². The number of hydrogen-bond acceptors (Lipinski definition) is 3. The van der Waals surface area contributed by atoms with Gasteiger partial charge in [-0.3, -0.25) is 0 Å². The third-order valence-electron chi connectivity index (χ3n) is 8.99. The Balaban J connectivity index is 2.13. The highest BCUT2D eigenvalue weighted by atomic mass is 28.4. The minimum absolute atomic E-state index is 0.125. The lowest BCUT2D eigenvalue weighted by molar-refractivity contribution is 0.00628. The Labute approximate surface area is 233 Å². The van der Waals surface area contributed by atoms with Crippen molar-refractivity contribution in [2.24, 2.45) is 0 Å². The molecule has 0 radical (unpaired) electrons. The molecule has 7 heteroatoms. The molecule has 1 aliphatic rings. The van der Waals surface area contributed by atoms with Gasteiger partial charge in [-0.05, 0) is 60.2 Å². The summed E-state index contributed by atoms with van der Waals surface area (Å²) in [7, 11) is -4.04. The number of rotatable bonds is 14. The number of amides is 2. The summed E-state index contributed by atoms with van der Waals surface area (Å²) in [6, 6.07) is 26.8. The lowest BCUT2D eigenvalue weighted by Gasteiger charge is -2.44. The first-order valence-corrected chi connectivity index (χ1v) is 19.9. The first-order valence-electron chi connectivity index (χ1n) is 14.9. The molecule has 3 rings (SSSR count). The van der Waals surface area contributed by atoms with Crippen LogP contribution in [0.2, 0.25) is 36.3 Å². The molecule has 5 nitrogen and oxygen atoms in total. The number of benzene rings is 2. The molecule has 2 N–H and O–H groups in total. The smallest absolute Gasteiger partial charge is 0.315 e. The second kappa shape index (κ2) is 14.4. The predicted octanol–water partition coefficient (Wildman–Crippen LogP) is 7.30. The van der Waals surface area contributed by atoms with Crippen LogP contribution in [0.15, 0.2) is 60.7 Å². The van der Waals surface area contributed by atoms with E-state index in [-0.39, 0.29) is 30.3 Å². The number of nitrogens with one attached hydrogen (secondary N) is 2. The van der Waals surface area contributed by atoms with Crippen molar-refractivity contribution in [3.05, 3.63) is 71.8 Å². The molecule has 2 aromatic carbocycles. The van der Waals surface area contributed by atoms with Gasteiger partial charge in [0.05, 0.1) is 24.3 Å². The molecule has 0 unspecified atom stereocenters. The van der Waals surface area contributed by atoms with E-state index < -0.39 is 16.6 Å². The first kappa shape index (κ1) is 30.6. The molecule has 0 bridgehead atoms. The van der Waals surface area contributed by atoms with Crippen LogP contribution in [0.1, 0.15) is 52.7 Å². The van der Waals surface area contributed by atoms with Crippen LogP contribution in [0.5, 0.6) is 0 Å². The van der Waals surface area contributed by atoms with Gasteiger partial charge in [-0.2, -0.15) is 0 Å². The van der Waals surface area contributed by atoms with Crippen molar-refractivity contribution in [3.63, 3.8) is 0 Å². The van der Waals surface area contributed by atoms with Gasteiger partial charge in [0, 0.05) is 0 Å². The van der Waals surface area contributed by atoms with E-state index >= 15 is 0 Å². The Bertz CT molecular complexity index is 874. The zero-order valence-corrected chi connectivity index (χ0v) is 26.5. The summed E-state index contributed by atoms with van der Waals surface area (Å²) in [5, 5.41) is 6.68. The highest BCUT2D eigenvalue weighted by molar-refractivity contribution is 6.74. The van der Waals surface area contributed by atoms with Gasteiger partial charge in [0.2, 0.25) is 0 Å². The minimum Gasteiger partial charge on any atom is -0.409 e. The van der Waals surface area contributed by atoms with Crippen molar-refractivity contribution in [3.8, 4) is 0 Å². The molecule has 1 saturated heterocycles. The van der Waals surface area contributed by atoms with Crippen LogP contribution in [-0.4, -0.2) is 47.0 Å². The van der Waals surface area contributed by atoms with E-state index in [1.165, 1.54) is 11.1 Å². The summed E-state index contributed by atoms with van der Waals surface area (Å²) in [6.07, 6.45) is 1.01. The van der Waals surface area contributed by atoms with Gasteiger partial charge in [0.25, 0.3) is 0 Å². The van der Waals surface area contributed by atoms with Crippen LogP contribution in [0.3, 0.4) is 0 Å². The Kier molecular flexibility index (Phi) is 11.6. The normalized spacial score (nSPS) is 22.4. The quantitative estimate of drug-likeness (QED) is 0.241. The molecule has 2 amide bonds. The van der Waals surface area contributed by atoms with Crippen molar-refractivity contribution in [1.29, 1.82) is 0 Å². The Hall–Kier alpha value is -1.94. The molecule has 210 valence electrons. The van der Waals surface area contributed by atoms with Gasteiger partial charge in [-0.15, -0.1) is 0 Å². The van der Waals surface area contributed by atoms with E-state index in [0.717, 1.165) is 49.1 Å². The lowest BCUT2D eigenvalue weighted by Crippen LogP contribution is -2.59. The Morgan fingerprint density at radius 1 is 0.579 bits per heavy atom. The third-order valence-corrected chi connectivity index (χ3v) is 18.3. The largest absolute Gasteiger partial charge is 0.409 e. The summed E-state index contributed by atoms with van der Waals surface area (Å²) in [5.41, 5.74) is 2.40. The number of carbonyl (C=O) groups excluding carboxylic acids is 1. The minimum atomic E-state index is -2.02. The number of urea groups is 1. The fraction of sp³-hybridized carbons (Fsp3) is 0.581. The molecule has 1 fully saturated rings. The van der Waals surface area contributed by atoms with Crippen molar-refractivity contribution in [2.45, 2.75) is 115 Å². The average Bonchev–Trinajstić information content (AvgIpc) is 3.07. The molecule has 0 aromatic heterocycles. The van der Waals surface area contributed by atoms with E-state index in [0.29, 0.717) is 0 Å². The summed E-state index contributed by atoms with van der Waals surface area (Å²) < 4.78 is 14.8. The summed E-state index contributed by atoms with van der Waals surface area (Å²) in [4.78, 5) is 13.4. The van der Waals surface area contributed by atoms with E-state index in [9.17, 15) is 4.79 Å². The van der Waals surface area contributed by atoms with E-state index in [1.807, 2.05) is 12.1 Å². The average molecular weight is 555 g/mol. The lowest BCUT2D eigenvalue weighted by atomic mass is 9.92. The molecule has 38 heavy (non-hydrogen) atoms.